The number of hydrogen-bond donors (Lipinski definition) is 4. The minimum atomic E-state index is -3.43. The Balaban J connectivity index is 1.36. The molecule has 4 fully saturated rings. The first-order valence-electron chi connectivity index (χ1n) is 12.0. The second-order valence-electron chi connectivity index (χ2n) is 10.2. The zero-order valence-corrected chi connectivity index (χ0v) is 20.8. The summed E-state index contributed by atoms with van der Waals surface area (Å²) in [5, 5.41) is 7.28. The maximum absolute atomic E-state index is 13.3. The van der Waals surface area contributed by atoms with Crippen molar-refractivity contribution in [2.24, 2.45) is 11.8 Å². The Morgan fingerprint density at radius 3 is 2.72 bits per heavy atom. The van der Waals surface area contributed by atoms with Crippen molar-refractivity contribution in [2.45, 2.75) is 68.1 Å². The zero-order valence-electron chi connectivity index (χ0n) is 20.0. The zero-order chi connectivity index (χ0) is 22.9. The van der Waals surface area contributed by atoms with Crippen LogP contribution in [0.15, 0.2) is 0 Å². The molecule has 1 saturated carbocycles. The fraction of sp³-hybridized carbons (Fsp3) is 1.00. The summed E-state index contributed by atoms with van der Waals surface area (Å²) in [6.07, 6.45) is 5.10. The first-order valence-corrected chi connectivity index (χ1v) is 13.6. The Labute approximate surface area is 193 Å². The maximum Gasteiger partial charge on any atom is 0.217 e. The fourth-order valence-electron chi connectivity index (χ4n) is 6.21. The van der Waals surface area contributed by atoms with Gasteiger partial charge in [0.2, 0.25) is 10.0 Å². The van der Waals surface area contributed by atoms with E-state index in [0.717, 1.165) is 45.2 Å². The Hall–Kier alpha value is -0.370. The van der Waals surface area contributed by atoms with Crippen LogP contribution in [0.5, 0.6) is 0 Å². The van der Waals surface area contributed by atoms with Crippen LogP contribution >= 0.6 is 0 Å². The van der Waals surface area contributed by atoms with Gasteiger partial charge < -0.3 is 14.8 Å². The van der Waals surface area contributed by atoms with Crippen LogP contribution in [0, 0.1) is 11.8 Å². The summed E-state index contributed by atoms with van der Waals surface area (Å²) in [5.74, 6) is 0.851. The lowest BCUT2D eigenvalue weighted by molar-refractivity contribution is -0.107. The molecule has 0 aromatic rings. The molecule has 0 aromatic carbocycles. The highest BCUT2D eigenvalue weighted by atomic mass is 32.2. The molecule has 4 rings (SSSR count). The van der Waals surface area contributed by atoms with Gasteiger partial charge in [-0.2, -0.15) is 0 Å². The molecular weight excluding hydrogens is 432 g/mol. The molecule has 11 heteroatoms. The van der Waals surface area contributed by atoms with E-state index in [1.165, 1.54) is 0 Å². The summed E-state index contributed by atoms with van der Waals surface area (Å²) < 4.78 is 40.9. The number of nitrogens with zero attached hydrogens (tertiary/aromatic N) is 2. The number of methoxy groups -OCH3 is 2. The van der Waals surface area contributed by atoms with Crippen LogP contribution in [0.2, 0.25) is 0 Å². The molecule has 3 aliphatic heterocycles. The van der Waals surface area contributed by atoms with Gasteiger partial charge in [-0.3, -0.25) is 10.9 Å². The van der Waals surface area contributed by atoms with Crippen LogP contribution in [-0.4, -0.2) is 102 Å². The Kier molecular flexibility index (Phi) is 7.80. The number of rotatable bonds is 8. The Bertz CT molecular complexity index is 740. The molecule has 1 aliphatic carbocycles. The molecule has 4 N–H and O–H groups in total. The van der Waals surface area contributed by atoms with E-state index in [0.29, 0.717) is 31.5 Å². The van der Waals surface area contributed by atoms with E-state index in [1.807, 2.05) is 7.05 Å². The van der Waals surface area contributed by atoms with Gasteiger partial charge in [-0.15, -0.1) is 0 Å². The molecule has 3 heterocycles. The van der Waals surface area contributed by atoms with E-state index < -0.39 is 15.3 Å². The molecule has 3 saturated heterocycles. The molecule has 4 aliphatic rings. The molecule has 7 atom stereocenters. The summed E-state index contributed by atoms with van der Waals surface area (Å²) in [5.41, 5.74) is 6.38. The van der Waals surface area contributed by atoms with Crippen molar-refractivity contribution < 1.29 is 17.9 Å². The third-order valence-corrected chi connectivity index (χ3v) is 10.1. The summed E-state index contributed by atoms with van der Waals surface area (Å²) in [6, 6.07) is 0.207. The lowest BCUT2D eigenvalue weighted by Crippen LogP contribution is -2.57. The largest absolute Gasteiger partial charge is 0.382 e. The summed E-state index contributed by atoms with van der Waals surface area (Å²) >= 11 is 0. The van der Waals surface area contributed by atoms with E-state index in [4.69, 9.17) is 9.47 Å². The predicted molar refractivity (Wildman–Crippen MR) is 123 cm³/mol. The molecule has 10 nitrogen and oxygen atoms in total. The SMILES string of the molecule is COC[C@](C)(OC)C1CCNC(N2CC(S(=O)(=O)NC3CCCC4CNN(C)C43)CN2)C1. The fourth-order valence-corrected chi connectivity index (χ4v) is 7.73. The second kappa shape index (κ2) is 10.1. The molecule has 186 valence electrons. The van der Waals surface area contributed by atoms with Gasteiger partial charge in [-0.05, 0) is 51.0 Å². The van der Waals surface area contributed by atoms with E-state index >= 15 is 0 Å². The molecule has 0 aromatic heterocycles. The maximum atomic E-state index is 13.3. The highest BCUT2D eigenvalue weighted by molar-refractivity contribution is 7.90. The standard InChI is InChI=1S/C21H42N6O4S/c1-21(31-4,14-30-3)16-8-9-22-19(10-16)27-13-17(12-24-27)32(28,29)25-18-7-5-6-15-11-23-26(2)20(15)18/h15-20,22-25H,5-14H2,1-4H3/t15?,16?,17?,18?,19?,20?,21-/m0/s1. The third kappa shape index (κ3) is 5.01. The van der Waals surface area contributed by atoms with Gasteiger partial charge in [0.25, 0.3) is 0 Å². The minimum Gasteiger partial charge on any atom is -0.382 e. The van der Waals surface area contributed by atoms with Crippen LogP contribution < -0.4 is 20.9 Å². The van der Waals surface area contributed by atoms with Crippen molar-refractivity contribution in [2.75, 3.05) is 54.1 Å². The van der Waals surface area contributed by atoms with E-state index in [9.17, 15) is 8.42 Å². The topological polar surface area (TPSA) is 107 Å². The number of nitrogens with one attached hydrogen (secondary N) is 4. The summed E-state index contributed by atoms with van der Waals surface area (Å²) in [7, 11) is 2.04. The van der Waals surface area contributed by atoms with Gasteiger partial charge >= 0.3 is 0 Å². The average Bonchev–Trinajstić information content (AvgIpc) is 3.42. The highest BCUT2D eigenvalue weighted by Gasteiger charge is 2.45. The molecule has 0 amide bonds. The monoisotopic (exact) mass is 474 g/mol. The van der Waals surface area contributed by atoms with Crippen LogP contribution in [0.25, 0.3) is 0 Å². The van der Waals surface area contributed by atoms with Crippen molar-refractivity contribution in [3.8, 4) is 0 Å². The number of ether oxygens (including phenoxy) is 2. The van der Waals surface area contributed by atoms with Gasteiger partial charge in [0.05, 0.1) is 18.4 Å². The van der Waals surface area contributed by atoms with Crippen LogP contribution in [-0.2, 0) is 19.5 Å². The lowest BCUT2D eigenvalue weighted by Gasteiger charge is -2.43. The van der Waals surface area contributed by atoms with Crippen molar-refractivity contribution in [1.82, 2.24) is 30.9 Å². The normalized spacial score (nSPS) is 39.1. The molecule has 0 radical (unpaired) electrons. The first-order chi connectivity index (χ1) is 15.3. The average molecular weight is 475 g/mol. The third-order valence-electron chi connectivity index (χ3n) is 8.23. The van der Waals surface area contributed by atoms with Crippen LogP contribution in [0.3, 0.4) is 0 Å². The van der Waals surface area contributed by atoms with Gasteiger partial charge in [-0.1, -0.05) is 6.42 Å². The Morgan fingerprint density at radius 1 is 1.16 bits per heavy atom. The first kappa shape index (κ1) is 24.7. The van der Waals surface area contributed by atoms with Gasteiger partial charge in [0.1, 0.15) is 5.25 Å². The van der Waals surface area contributed by atoms with E-state index in [-0.39, 0.29) is 23.9 Å². The van der Waals surface area contributed by atoms with Crippen LogP contribution in [0.4, 0.5) is 0 Å². The smallest absolute Gasteiger partial charge is 0.217 e. The number of hydrogen-bond acceptors (Lipinski definition) is 9. The number of likely N-dealkylation sites (N-methyl/N-ethyl adjacent to an activating group) is 1. The van der Waals surface area contributed by atoms with Crippen molar-refractivity contribution in [3.05, 3.63) is 0 Å². The van der Waals surface area contributed by atoms with Crippen LogP contribution in [0.1, 0.15) is 39.0 Å². The number of sulfonamides is 1. The van der Waals surface area contributed by atoms with Gasteiger partial charge in [0.15, 0.2) is 0 Å². The minimum absolute atomic E-state index is 0.0264. The summed E-state index contributed by atoms with van der Waals surface area (Å²) in [4.78, 5) is 0. The Morgan fingerprint density at radius 2 is 1.97 bits per heavy atom. The predicted octanol–water partition coefficient (Wildman–Crippen LogP) is -0.541. The summed E-state index contributed by atoms with van der Waals surface area (Å²) in [6.45, 7) is 5.37. The van der Waals surface area contributed by atoms with Gasteiger partial charge in [-0.25, -0.2) is 23.2 Å². The molecule has 0 bridgehead atoms. The number of piperidine rings is 1. The molecule has 0 spiro atoms. The van der Waals surface area contributed by atoms with Crippen molar-refractivity contribution >= 4 is 10.0 Å². The van der Waals surface area contributed by atoms with Crippen molar-refractivity contribution in [3.63, 3.8) is 0 Å². The lowest BCUT2D eigenvalue weighted by atomic mass is 9.81. The van der Waals surface area contributed by atoms with E-state index in [2.05, 4.69) is 37.8 Å². The molecule has 6 unspecified atom stereocenters. The van der Waals surface area contributed by atoms with E-state index in [1.54, 1.807) is 14.2 Å². The molecule has 32 heavy (non-hydrogen) atoms. The quantitative estimate of drug-likeness (QED) is 0.369. The highest BCUT2D eigenvalue weighted by Crippen LogP contribution is 2.33. The van der Waals surface area contributed by atoms with Crippen molar-refractivity contribution in [1.29, 1.82) is 0 Å². The number of hydrazine groups is 2. The molecular formula is C21H42N6O4S. The number of fused-ring (bicyclic) bond motifs is 1. The second-order valence-corrected chi connectivity index (χ2v) is 12.2. The van der Waals surface area contributed by atoms with Gasteiger partial charge in [0, 0.05) is 53.0 Å².